The molecule has 1 aliphatic rings. The topological polar surface area (TPSA) is 52.9 Å². The van der Waals surface area contributed by atoms with Gasteiger partial charge in [-0.1, -0.05) is 49.8 Å². The molecule has 1 amide bonds. The number of hydrogen-bond acceptors (Lipinski definition) is 2. The van der Waals surface area contributed by atoms with Crippen molar-refractivity contribution < 1.29 is 4.79 Å². The molecule has 1 aliphatic carbocycles. The van der Waals surface area contributed by atoms with Crippen molar-refractivity contribution in [2.75, 3.05) is 0 Å². The molecule has 1 saturated carbocycles. The predicted molar refractivity (Wildman–Crippen MR) is 84.3 cm³/mol. The van der Waals surface area contributed by atoms with E-state index in [0.717, 1.165) is 44.1 Å². The zero-order valence-electron chi connectivity index (χ0n) is 12.4. The number of benzene rings is 1. The standard InChI is InChI=1S/C17H21ClN2O/c1-13-14(8-7-9-15(13)18)16(21)20-17(12-19)10-5-3-2-4-6-11-17/h7-9H,2-6,10-11H2,1H3,(H,20,21). The average Bonchev–Trinajstić information content (AvgIpc) is 2.45. The molecule has 2 rings (SSSR count). The van der Waals surface area contributed by atoms with Crippen molar-refractivity contribution in [3.05, 3.63) is 34.3 Å². The van der Waals surface area contributed by atoms with Gasteiger partial charge in [-0.25, -0.2) is 0 Å². The Morgan fingerprint density at radius 3 is 2.48 bits per heavy atom. The van der Waals surface area contributed by atoms with Crippen molar-refractivity contribution in [1.29, 1.82) is 5.26 Å². The summed E-state index contributed by atoms with van der Waals surface area (Å²) in [6.07, 6.45) is 6.93. The molecule has 112 valence electrons. The summed E-state index contributed by atoms with van der Waals surface area (Å²) in [5.41, 5.74) is 0.585. The molecule has 4 heteroatoms. The minimum atomic E-state index is -0.730. The number of nitrogens with one attached hydrogen (secondary N) is 1. The number of rotatable bonds is 2. The lowest BCUT2D eigenvalue weighted by Gasteiger charge is -2.30. The first kappa shape index (κ1) is 15.9. The summed E-state index contributed by atoms with van der Waals surface area (Å²) in [5, 5.41) is 13.1. The van der Waals surface area contributed by atoms with Crippen molar-refractivity contribution in [1.82, 2.24) is 5.32 Å². The SMILES string of the molecule is Cc1c(Cl)cccc1C(=O)NC1(C#N)CCCCCCC1. The van der Waals surface area contributed by atoms with E-state index in [0.29, 0.717) is 10.6 Å². The number of nitrogens with zero attached hydrogens (tertiary/aromatic N) is 1. The van der Waals surface area contributed by atoms with Crippen LogP contribution in [0.4, 0.5) is 0 Å². The summed E-state index contributed by atoms with van der Waals surface area (Å²) in [4.78, 5) is 12.5. The Kier molecular flexibility index (Phi) is 5.25. The van der Waals surface area contributed by atoms with Gasteiger partial charge in [0.15, 0.2) is 0 Å². The highest BCUT2D eigenvalue weighted by Gasteiger charge is 2.32. The van der Waals surface area contributed by atoms with E-state index in [4.69, 9.17) is 11.6 Å². The summed E-state index contributed by atoms with van der Waals surface area (Å²) in [5.74, 6) is -0.197. The van der Waals surface area contributed by atoms with E-state index < -0.39 is 5.54 Å². The van der Waals surface area contributed by atoms with Gasteiger partial charge in [0.25, 0.3) is 5.91 Å². The smallest absolute Gasteiger partial charge is 0.252 e. The second-order valence-electron chi connectivity index (χ2n) is 5.83. The van der Waals surface area contributed by atoms with E-state index in [1.165, 1.54) is 6.42 Å². The molecule has 0 saturated heterocycles. The van der Waals surface area contributed by atoms with Crippen LogP contribution >= 0.6 is 11.6 Å². The van der Waals surface area contributed by atoms with E-state index in [1.54, 1.807) is 18.2 Å². The minimum Gasteiger partial charge on any atom is -0.334 e. The van der Waals surface area contributed by atoms with Crippen LogP contribution in [-0.2, 0) is 0 Å². The highest BCUT2D eigenvalue weighted by molar-refractivity contribution is 6.31. The summed E-state index contributed by atoms with van der Waals surface area (Å²) in [6, 6.07) is 7.64. The maximum atomic E-state index is 12.5. The number of amides is 1. The molecule has 0 aliphatic heterocycles. The van der Waals surface area contributed by atoms with Gasteiger partial charge in [-0.3, -0.25) is 4.79 Å². The third kappa shape index (κ3) is 3.77. The van der Waals surface area contributed by atoms with Crippen LogP contribution in [0.2, 0.25) is 5.02 Å². The predicted octanol–water partition coefficient (Wildman–Crippen LogP) is 4.38. The maximum Gasteiger partial charge on any atom is 0.252 e. The molecule has 0 spiro atoms. The fourth-order valence-corrected chi connectivity index (χ4v) is 3.09. The van der Waals surface area contributed by atoms with Gasteiger partial charge in [0.1, 0.15) is 5.54 Å². The van der Waals surface area contributed by atoms with Crippen LogP contribution in [0.5, 0.6) is 0 Å². The molecule has 1 aromatic rings. The van der Waals surface area contributed by atoms with Crippen LogP contribution in [0.3, 0.4) is 0 Å². The van der Waals surface area contributed by atoms with Gasteiger partial charge in [0, 0.05) is 10.6 Å². The number of halogens is 1. The monoisotopic (exact) mass is 304 g/mol. The van der Waals surface area contributed by atoms with E-state index in [1.807, 2.05) is 6.92 Å². The van der Waals surface area contributed by atoms with E-state index >= 15 is 0 Å². The highest BCUT2D eigenvalue weighted by atomic mass is 35.5. The molecular weight excluding hydrogens is 284 g/mol. The molecule has 3 nitrogen and oxygen atoms in total. The van der Waals surface area contributed by atoms with Gasteiger partial charge in [-0.15, -0.1) is 0 Å². The van der Waals surface area contributed by atoms with Gasteiger partial charge in [-0.2, -0.15) is 5.26 Å². The molecule has 21 heavy (non-hydrogen) atoms. The fraction of sp³-hybridized carbons (Fsp3) is 0.529. The van der Waals surface area contributed by atoms with Crippen LogP contribution in [0.1, 0.15) is 60.9 Å². The third-order valence-electron chi connectivity index (χ3n) is 4.29. The fourth-order valence-electron chi connectivity index (χ4n) is 2.91. The average molecular weight is 305 g/mol. The van der Waals surface area contributed by atoms with Gasteiger partial charge < -0.3 is 5.32 Å². The number of nitriles is 1. The van der Waals surface area contributed by atoms with Crippen molar-refractivity contribution in [3.63, 3.8) is 0 Å². The molecule has 1 N–H and O–H groups in total. The Hall–Kier alpha value is -1.53. The lowest BCUT2D eigenvalue weighted by Crippen LogP contribution is -2.47. The van der Waals surface area contributed by atoms with Crippen LogP contribution < -0.4 is 5.32 Å². The quantitative estimate of drug-likeness (QED) is 0.881. The van der Waals surface area contributed by atoms with Crippen molar-refractivity contribution in [2.24, 2.45) is 0 Å². The number of carbonyl (C=O) groups is 1. The lowest BCUT2D eigenvalue weighted by atomic mass is 9.84. The van der Waals surface area contributed by atoms with Crippen molar-refractivity contribution >= 4 is 17.5 Å². The Morgan fingerprint density at radius 1 is 1.24 bits per heavy atom. The summed E-state index contributed by atoms with van der Waals surface area (Å²) < 4.78 is 0. The lowest BCUT2D eigenvalue weighted by molar-refractivity contribution is 0.0907. The number of carbonyl (C=O) groups excluding carboxylic acids is 1. The normalized spacial score (nSPS) is 18.1. The van der Waals surface area contributed by atoms with E-state index in [-0.39, 0.29) is 5.91 Å². The Labute approximate surface area is 131 Å². The maximum absolute atomic E-state index is 12.5. The molecule has 0 radical (unpaired) electrons. The second kappa shape index (κ2) is 6.95. The van der Waals surface area contributed by atoms with Crippen LogP contribution in [0, 0.1) is 18.3 Å². The molecule has 0 aromatic heterocycles. The zero-order chi connectivity index (χ0) is 15.3. The molecule has 0 bridgehead atoms. The molecule has 0 unspecified atom stereocenters. The summed E-state index contributed by atoms with van der Waals surface area (Å²) in [7, 11) is 0. The largest absolute Gasteiger partial charge is 0.334 e. The first-order valence-electron chi connectivity index (χ1n) is 7.57. The molecular formula is C17H21ClN2O. The van der Waals surface area contributed by atoms with Crippen LogP contribution in [0.25, 0.3) is 0 Å². The summed E-state index contributed by atoms with van der Waals surface area (Å²) in [6.45, 7) is 1.83. The minimum absolute atomic E-state index is 0.197. The second-order valence-corrected chi connectivity index (χ2v) is 6.24. The van der Waals surface area contributed by atoms with Gasteiger partial charge in [0.2, 0.25) is 0 Å². The Morgan fingerprint density at radius 2 is 1.86 bits per heavy atom. The molecule has 1 fully saturated rings. The van der Waals surface area contributed by atoms with E-state index in [9.17, 15) is 10.1 Å². The van der Waals surface area contributed by atoms with Gasteiger partial charge in [-0.05, 0) is 37.5 Å². The third-order valence-corrected chi connectivity index (χ3v) is 4.70. The molecule has 0 atom stereocenters. The first-order valence-corrected chi connectivity index (χ1v) is 7.95. The van der Waals surface area contributed by atoms with Crippen molar-refractivity contribution in [2.45, 2.75) is 57.4 Å². The van der Waals surface area contributed by atoms with Crippen molar-refractivity contribution in [3.8, 4) is 6.07 Å². The highest BCUT2D eigenvalue weighted by Crippen LogP contribution is 2.27. The Balaban J connectivity index is 2.19. The summed E-state index contributed by atoms with van der Waals surface area (Å²) >= 11 is 6.07. The Bertz CT molecular complexity index is 554. The van der Waals surface area contributed by atoms with E-state index in [2.05, 4.69) is 11.4 Å². The van der Waals surface area contributed by atoms with Gasteiger partial charge >= 0.3 is 0 Å². The molecule has 1 aromatic carbocycles. The zero-order valence-corrected chi connectivity index (χ0v) is 13.2. The van der Waals surface area contributed by atoms with Gasteiger partial charge in [0.05, 0.1) is 6.07 Å². The van der Waals surface area contributed by atoms with Crippen LogP contribution in [0.15, 0.2) is 18.2 Å². The molecule has 0 heterocycles. The number of hydrogen-bond donors (Lipinski definition) is 1. The van der Waals surface area contributed by atoms with Crippen LogP contribution in [-0.4, -0.2) is 11.4 Å². The first-order chi connectivity index (χ1) is 10.1.